The molecule has 3 aromatic rings. The summed E-state index contributed by atoms with van der Waals surface area (Å²) in [5, 5.41) is 19.4. The van der Waals surface area contributed by atoms with Gasteiger partial charge in [-0.1, -0.05) is 17.8 Å². The highest BCUT2D eigenvalue weighted by Gasteiger charge is 2.14. The van der Waals surface area contributed by atoms with Crippen molar-refractivity contribution in [1.82, 2.24) is 15.2 Å². The first-order valence-corrected chi connectivity index (χ1v) is 7.78. The van der Waals surface area contributed by atoms with Gasteiger partial charge >= 0.3 is 5.97 Å². The molecule has 0 aliphatic rings. The predicted molar refractivity (Wildman–Crippen MR) is 78.4 cm³/mol. The molecule has 0 saturated carbocycles. The van der Waals surface area contributed by atoms with E-state index in [1.54, 1.807) is 12.3 Å². The molecular formula is C13H9N3O3S2. The molecular weight excluding hydrogens is 310 g/mol. The fourth-order valence-electron chi connectivity index (χ4n) is 1.61. The maximum absolute atomic E-state index is 11.1. The van der Waals surface area contributed by atoms with E-state index in [2.05, 4.69) is 15.2 Å². The first-order valence-electron chi connectivity index (χ1n) is 5.91. The van der Waals surface area contributed by atoms with Crippen LogP contribution in [0.4, 0.5) is 0 Å². The summed E-state index contributed by atoms with van der Waals surface area (Å²) >= 11 is 2.77. The summed E-state index contributed by atoms with van der Waals surface area (Å²) < 4.78 is 5.54. The van der Waals surface area contributed by atoms with Gasteiger partial charge in [-0.2, -0.15) is 0 Å². The maximum Gasteiger partial charge on any atom is 0.338 e. The molecule has 0 radical (unpaired) electrons. The quantitative estimate of drug-likeness (QED) is 0.722. The first-order chi connectivity index (χ1) is 10.2. The number of thioether (sulfide) groups is 1. The molecule has 0 aliphatic heterocycles. The summed E-state index contributed by atoms with van der Waals surface area (Å²) in [6, 6.07) is 6.92. The summed E-state index contributed by atoms with van der Waals surface area (Å²) in [6.45, 7) is 0. The summed E-state index contributed by atoms with van der Waals surface area (Å²) in [6.07, 6.45) is 1.56. The second-order valence-corrected chi connectivity index (χ2v) is 5.84. The standard InChI is InChI=1S/C13H9N3O3S2/c17-13(18)8-3-1-5-14-12(8)21-7-10-15-16-11(19-10)9-4-2-6-20-9/h1-6H,7H2,(H,17,18). The van der Waals surface area contributed by atoms with E-state index in [1.807, 2.05) is 17.5 Å². The Morgan fingerprint density at radius 1 is 1.33 bits per heavy atom. The second-order valence-electron chi connectivity index (χ2n) is 3.93. The van der Waals surface area contributed by atoms with Gasteiger partial charge in [-0.15, -0.1) is 21.5 Å². The van der Waals surface area contributed by atoms with Crippen molar-refractivity contribution in [3.05, 3.63) is 47.3 Å². The van der Waals surface area contributed by atoms with Gasteiger partial charge in [0.1, 0.15) is 5.03 Å². The average molecular weight is 319 g/mol. The lowest BCUT2D eigenvalue weighted by atomic mass is 10.3. The van der Waals surface area contributed by atoms with Crippen LogP contribution in [0.3, 0.4) is 0 Å². The lowest BCUT2D eigenvalue weighted by Gasteiger charge is -2.01. The molecule has 0 fully saturated rings. The molecule has 106 valence electrons. The van der Waals surface area contributed by atoms with Crippen LogP contribution < -0.4 is 0 Å². The van der Waals surface area contributed by atoms with Gasteiger partial charge in [0.2, 0.25) is 5.89 Å². The number of carboxylic acid groups (broad SMARTS) is 1. The van der Waals surface area contributed by atoms with Gasteiger partial charge in [0, 0.05) is 6.20 Å². The summed E-state index contributed by atoms with van der Waals surface area (Å²) in [5.41, 5.74) is 0.167. The topological polar surface area (TPSA) is 89.1 Å². The SMILES string of the molecule is O=C(O)c1cccnc1SCc1nnc(-c2cccs2)o1. The van der Waals surface area contributed by atoms with Crippen LogP contribution in [-0.4, -0.2) is 26.3 Å². The third-order valence-electron chi connectivity index (χ3n) is 2.53. The van der Waals surface area contributed by atoms with Crippen molar-refractivity contribution in [1.29, 1.82) is 0 Å². The number of pyridine rings is 1. The molecule has 6 nitrogen and oxygen atoms in total. The summed E-state index contributed by atoms with van der Waals surface area (Å²) in [4.78, 5) is 16.1. The number of aromatic carboxylic acids is 1. The Morgan fingerprint density at radius 2 is 2.24 bits per heavy atom. The van der Waals surface area contributed by atoms with Crippen LogP contribution in [0.1, 0.15) is 16.2 Å². The average Bonchev–Trinajstić information content (AvgIpc) is 3.16. The van der Waals surface area contributed by atoms with Crippen molar-refractivity contribution in [3.63, 3.8) is 0 Å². The van der Waals surface area contributed by atoms with Crippen LogP contribution in [0.5, 0.6) is 0 Å². The van der Waals surface area contributed by atoms with Gasteiger partial charge in [-0.25, -0.2) is 9.78 Å². The van der Waals surface area contributed by atoms with E-state index in [-0.39, 0.29) is 5.56 Å². The van der Waals surface area contributed by atoms with Crippen LogP contribution in [-0.2, 0) is 5.75 Å². The zero-order valence-electron chi connectivity index (χ0n) is 10.6. The molecule has 0 aromatic carbocycles. The first kappa shape index (κ1) is 13.8. The Balaban J connectivity index is 1.73. The van der Waals surface area contributed by atoms with Crippen molar-refractivity contribution in [3.8, 4) is 10.8 Å². The largest absolute Gasteiger partial charge is 0.478 e. The Hall–Kier alpha value is -2.19. The van der Waals surface area contributed by atoms with Gasteiger partial charge in [-0.3, -0.25) is 0 Å². The smallest absolute Gasteiger partial charge is 0.338 e. The molecule has 1 N–H and O–H groups in total. The van der Waals surface area contributed by atoms with E-state index in [4.69, 9.17) is 9.52 Å². The second kappa shape index (κ2) is 6.06. The number of thiophene rings is 1. The number of hydrogen-bond acceptors (Lipinski definition) is 7. The Kier molecular flexibility index (Phi) is 3.98. The molecule has 3 rings (SSSR count). The monoisotopic (exact) mass is 319 g/mol. The highest BCUT2D eigenvalue weighted by molar-refractivity contribution is 7.98. The van der Waals surface area contributed by atoms with Crippen molar-refractivity contribution < 1.29 is 14.3 Å². The zero-order chi connectivity index (χ0) is 14.7. The van der Waals surface area contributed by atoms with Gasteiger partial charge in [0.25, 0.3) is 5.89 Å². The lowest BCUT2D eigenvalue weighted by molar-refractivity contribution is 0.0692. The fourth-order valence-corrected chi connectivity index (χ4v) is 3.08. The zero-order valence-corrected chi connectivity index (χ0v) is 12.2. The highest BCUT2D eigenvalue weighted by atomic mass is 32.2. The predicted octanol–water partition coefficient (Wildman–Crippen LogP) is 3.18. The van der Waals surface area contributed by atoms with Crippen molar-refractivity contribution in [2.75, 3.05) is 0 Å². The van der Waals surface area contributed by atoms with Gasteiger partial charge < -0.3 is 9.52 Å². The lowest BCUT2D eigenvalue weighted by Crippen LogP contribution is -2.00. The molecule has 3 heterocycles. The molecule has 0 spiro atoms. The minimum Gasteiger partial charge on any atom is -0.478 e. The third kappa shape index (κ3) is 3.11. The van der Waals surface area contributed by atoms with Crippen molar-refractivity contribution in [2.45, 2.75) is 10.8 Å². The third-order valence-corrected chi connectivity index (χ3v) is 4.38. The van der Waals surface area contributed by atoms with Gasteiger partial charge in [0.15, 0.2) is 0 Å². The Bertz CT molecular complexity index is 756. The highest BCUT2D eigenvalue weighted by Crippen LogP contribution is 2.27. The molecule has 0 bridgehead atoms. The number of hydrogen-bond donors (Lipinski definition) is 1. The van der Waals surface area contributed by atoms with E-state index in [9.17, 15) is 4.79 Å². The molecule has 0 aliphatic carbocycles. The van der Waals surface area contributed by atoms with E-state index >= 15 is 0 Å². The molecule has 3 aromatic heterocycles. The minimum absolute atomic E-state index is 0.167. The van der Waals surface area contributed by atoms with E-state index in [1.165, 1.54) is 29.2 Å². The molecule has 0 saturated heterocycles. The van der Waals surface area contributed by atoms with E-state index in [0.29, 0.717) is 22.6 Å². The van der Waals surface area contributed by atoms with E-state index in [0.717, 1.165) is 4.88 Å². The summed E-state index contributed by atoms with van der Waals surface area (Å²) in [5.74, 6) is 0.274. The fraction of sp³-hybridized carbons (Fsp3) is 0.0769. The van der Waals surface area contributed by atoms with Crippen LogP contribution in [0.15, 0.2) is 45.3 Å². The molecule has 8 heteroatoms. The minimum atomic E-state index is -1.00. The summed E-state index contributed by atoms with van der Waals surface area (Å²) in [7, 11) is 0. The van der Waals surface area contributed by atoms with Crippen LogP contribution >= 0.6 is 23.1 Å². The number of aromatic nitrogens is 3. The van der Waals surface area contributed by atoms with Gasteiger partial charge in [0.05, 0.1) is 16.2 Å². The maximum atomic E-state index is 11.1. The molecule has 21 heavy (non-hydrogen) atoms. The number of nitrogens with zero attached hydrogens (tertiary/aromatic N) is 3. The number of rotatable bonds is 5. The molecule has 0 unspecified atom stereocenters. The van der Waals surface area contributed by atoms with Crippen LogP contribution in [0, 0.1) is 0 Å². The Morgan fingerprint density at radius 3 is 3.00 bits per heavy atom. The van der Waals surface area contributed by atoms with Crippen LogP contribution in [0.2, 0.25) is 0 Å². The number of carboxylic acids is 1. The normalized spacial score (nSPS) is 10.7. The van der Waals surface area contributed by atoms with Crippen LogP contribution in [0.25, 0.3) is 10.8 Å². The Labute approximate surface area is 127 Å². The molecule has 0 atom stereocenters. The van der Waals surface area contributed by atoms with Gasteiger partial charge in [-0.05, 0) is 23.6 Å². The van der Waals surface area contributed by atoms with Crippen molar-refractivity contribution in [2.24, 2.45) is 0 Å². The van der Waals surface area contributed by atoms with E-state index < -0.39 is 5.97 Å². The molecule has 0 amide bonds. The number of carbonyl (C=O) groups is 1. The van der Waals surface area contributed by atoms with Crippen molar-refractivity contribution >= 4 is 29.1 Å².